The first-order valence-corrected chi connectivity index (χ1v) is 8.79. The van der Waals surface area contributed by atoms with E-state index in [1.807, 2.05) is 20.1 Å². The number of aromatic nitrogens is 6. The summed E-state index contributed by atoms with van der Waals surface area (Å²) in [5.41, 5.74) is 2.26. The Kier molecular flexibility index (Phi) is 2.49. The molecule has 0 bridgehead atoms. The average Bonchev–Trinajstić information content (AvgIpc) is 3.14. The minimum atomic E-state index is 0.542. The van der Waals surface area contributed by atoms with E-state index in [9.17, 15) is 0 Å². The molecule has 0 fully saturated rings. The van der Waals surface area contributed by atoms with Gasteiger partial charge < -0.3 is 0 Å². The first-order valence-electron chi connectivity index (χ1n) is 7.15. The molecule has 0 spiro atoms. The number of rotatable bonds is 0. The van der Waals surface area contributed by atoms with Crippen molar-refractivity contribution in [3.05, 3.63) is 20.0 Å². The maximum Gasteiger partial charge on any atom is 0.243 e. The van der Waals surface area contributed by atoms with Crippen LogP contribution in [0.15, 0.2) is 0 Å². The first-order chi connectivity index (χ1) is 10.6. The summed E-state index contributed by atoms with van der Waals surface area (Å²) in [6.45, 7) is 2.31. The van der Waals surface area contributed by atoms with Crippen LogP contribution in [0.1, 0.15) is 23.8 Å². The average molecular weight is 348 g/mol. The summed E-state index contributed by atoms with van der Waals surface area (Å²) >= 11 is 12.6. The highest BCUT2D eigenvalue weighted by atomic mass is 32.1. The van der Waals surface area contributed by atoms with Gasteiger partial charge in [-0.15, -0.1) is 16.4 Å². The Morgan fingerprint density at radius 1 is 1.18 bits per heavy atom. The number of hydrogen-bond acceptors (Lipinski definition) is 5. The number of hydrogen-bond donors (Lipinski definition) is 2. The third-order valence-electron chi connectivity index (χ3n) is 4.45. The van der Waals surface area contributed by atoms with Gasteiger partial charge in [0, 0.05) is 4.88 Å². The molecular weight excluding hydrogens is 336 g/mol. The van der Waals surface area contributed by atoms with Crippen LogP contribution in [0.3, 0.4) is 0 Å². The lowest BCUT2D eigenvalue weighted by molar-refractivity contribution is 0.509. The van der Waals surface area contributed by atoms with E-state index in [0.29, 0.717) is 15.3 Å². The Morgan fingerprint density at radius 3 is 2.82 bits per heavy atom. The summed E-state index contributed by atoms with van der Waals surface area (Å²) in [5, 5.41) is 15.7. The molecule has 22 heavy (non-hydrogen) atoms. The first kappa shape index (κ1) is 12.9. The smallest absolute Gasteiger partial charge is 0.243 e. The minimum Gasteiger partial charge on any atom is -0.251 e. The van der Waals surface area contributed by atoms with E-state index >= 15 is 0 Å². The van der Waals surface area contributed by atoms with Crippen LogP contribution in [-0.4, -0.2) is 29.2 Å². The molecule has 4 aromatic rings. The van der Waals surface area contributed by atoms with Gasteiger partial charge in [0.25, 0.3) is 0 Å². The second-order valence-corrected chi connectivity index (χ2v) is 7.74. The molecule has 4 heterocycles. The van der Waals surface area contributed by atoms with Crippen LogP contribution >= 0.6 is 35.8 Å². The number of H-pyrrole nitrogens is 2. The second-order valence-electron chi connectivity index (χ2n) is 5.88. The van der Waals surface area contributed by atoms with Crippen LogP contribution in [0, 0.1) is 15.5 Å². The van der Waals surface area contributed by atoms with Crippen molar-refractivity contribution in [3.8, 4) is 0 Å². The molecule has 0 aliphatic heterocycles. The maximum atomic E-state index is 5.43. The van der Waals surface area contributed by atoms with E-state index in [-0.39, 0.29) is 0 Å². The van der Waals surface area contributed by atoms with Crippen LogP contribution in [0.4, 0.5) is 0 Å². The van der Waals surface area contributed by atoms with Crippen LogP contribution in [-0.2, 0) is 12.8 Å². The summed E-state index contributed by atoms with van der Waals surface area (Å²) in [6, 6.07) is 0. The van der Waals surface area contributed by atoms with E-state index in [4.69, 9.17) is 24.4 Å². The number of nitrogens with zero attached hydrogens (tertiary/aromatic N) is 4. The molecule has 9 heteroatoms. The highest BCUT2D eigenvalue weighted by Crippen LogP contribution is 2.39. The van der Waals surface area contributed by atoms with Crippen molar-refractivity contribution in [3.63, 3.8) is 0 Å². The molecule has 4 aromatic heterocycles. The zero-order valence-electron chi connectivity index (χ0n) is 11.7. The Labute approximate surface area is 138 Å². The molecule has 112 valence electrons. The van der Waals surface area contributed by atoms with Crippen LogP contribution in [0.5, 0.6) is 0 Å². The number of aromatic amines is 2. The molecule has 5 rings (SSSR count). The lowest BCUT2D eigenvalue weighted by Crippen LogP contribution is -2.08. The molecular formula is C13H12N6S3. The lowest BCUT2D eigenvalue weighted by Gasteiger charge is -2.17. The zero-order chi connectivity index (χ0) is 15.0. The highest BCUT2D eigenvalue weighted by molar-refractivity contribution is 7.71. The van der Waals surface area contributed by atoms with E-state index in [0.717, 1.165) is 29.2 Å². The minimum absolute atomic E-state index is 0.542. The third kappa shape index (κ3) is 1.48. The Morgan fingerprint density at radius 2 is 1.95 bits per heavy atom. The molecule has 0 amide bonds. The molecule has 0 aromatic carbocycles. The summed E-state index contributed by atoms with van der Waals surface area (Å²) < 4.78 is 4.99. The predicted octanol–water partition coefficient (Wildman–Crippen LogP) is 3.44. The van der Waals surface area contributed by atoms with Crippen LogP contribution in [0.2, 0.25) is 0 Å². The number of aryl methyl sites for hydroxylation is 1. The van der Waals surface area contributed by atoms with Crippen molar-refractivity contribution in [1.29, 1.82) is 0 Å². The number of nitrogens with one attached hydrogen (secondary N) is 2. The largest absolute Gasteiger partial charge is 0.251 e. The van der Waals surface area contributed by atoms with Crippen molar-refractivity contribution in [1.82, 2.24) is 29.2 Å². The lowest BCUT2D eigenvalue weighted by atomic mass is 9.89. The van der Waals surface area contributed by atoms with Gasteiger partial charge >= 0.3 is 0 Å². The molecule has 0 radical (unpaired) electrons. The molecule has 1 aliphatic carbocycles. The highest BCUT2D eigenvalue weighted by Gasteiger charge is 2.25. The van der Waals surface area contributed by atoms with Crippen molar-refractivity contribution >= 4 is 57.4 Å². The van der Waals surface area contributed by atoms with Gasteiger partial charge in [0.1, 0.15) is 4.83 Å². The van der Waals surface area contributed by atoms with Crippen molar-refractivity contribution in [2.24, 2.45) is 5.92 Å². The van der Waals surface area contributed by atoms with Crippen molar-refractivity contribution in [2.75, 3.05) is 0 Å². The van der Waals surface area contributed by atoms with Gasteiger partial charge in [-0.3, -0.25) is 5.10 Å². The maximum absolute atomic E-state index is 5.43. The molecule has 6 nitrogen and oxygen atoms in total. The van der Waals surface area contributed by atoms with Gasteiger partial charge in [-0.25, -0.2) is 13.9 Å². The van der Waals surface area contributed by atoms with Crippen LogP contribution in [0.25, 0.3) is 21.6 Å². The molecule has 1 atom stereocenters. The van der Waals surface area contributed by atoms with Crippen molar-refractivity contribution < 1.29 is 0 Å². The zero-order valence-corrected chi connectivity index (χ0v) is 14.2. The van der Waals surface area contributed by atoms with E-state index in [1.165, 1.54) is 22.2 Å². The van der Waals surface area contributed by atoms with Gasteiger partial charge in [-0.05, 0) is 55.2 Å². The topological polar surface area (TPSA) is 66.2 Å². The fourth-order valence-corrected chi connectivity index (χ4v) is 5.40. The van der Waals surface area contributed by atoms with Gasteiger partial charge in [-0.1, -0.05) is 6.92 Å². The van der Waals surface area contributed by atoms with Crippen LogP contribution < -0.4 is 0 Å². The number of thiophene rings is 1. The van der Waals surface area contributed by atoms with Gasteiger partial charge in [0.15, 0.2) is 5.65 Å². The van der Waals surface area contributed by atoms with Gasteiger partial charge in [0.05, 0.1) is 5.39 Å². The van der Waals surface area contributed by atoms with E-state index in [1.54, 1.807) is 0 Å². The summed E-state index contributed by atoms with van der Waals surface area (Å²) in [4.78, 5) is 2.56. The molecule has 2 N–H and O–H groups in total. The van der Waals surface area contributed by atoms with Gasteiger partial charge in [-0.2, -0.15) is 5.10 Å². The number of fused-ring (bicyclic) bond motifs is 8. The molecule has 0 saturated heterocycles. The quantitative estimate of drug-likeness (QED) is 0.478. The van der Waals surface area contributed by atoms with Gasteiger partial charge in [0.2, 0.25) is 15.3 Å². The monoisotopic (exact) mass is 348 g/mol. The normalized spacial score (nSPS) is 18.5. The second kappa shape index (κ2) is 4.24. The summed E-state index contributed by atoms with van der Waals surface area (Å²) in [5.74, 6) is 1.42. The Balaban J connectivity index is 2.13. The predicted molar refractivity (Wildman–Crippen MR) is 90.9 cm³/mol. The molecule has 1 aliphatic rings. The molecule has 0 saturated carbocycles. The SMILES string of the molecule is C[C@H]1CCc2c(sc3c2c2n[nH]c(=S)n2c2n[nH]c(=S)n32)C1. The third-order valence-corrected chi connectivity index (χ3v) is 6.23. The summed E-state index contributed by atoms with van der Waals surface area (Å²) in [6.07, 6.45) is 3.42. The van der Waals surface area contributed by atoms with Crippen molar-refractivity contribution in [2.45, 2.75) is 26.2 Å². The Bertz CT molecular complexity index is 1170. The fourth-order valence-electron chi connectivity index (χ4n) is 3.40. The standard InChI is InChI=1S/C13H12N6S3/c1-5-2-3-6-7(4-5)22-10-8(6)9-14-16-12(20)18(9)11-15-17-13(21)19(10)11/h5H,2-4H2,1H3,(H,16,20)(H,17,21)/t5-/m0/s1. The molecule has 0 unspecified atom stereocenters. The summed E-state index contributed by atoms with van der Waals surface area (Å²) in [7, 11) is 0. The fraction of sp³-hybridized carbons (Fsp3) is 0.385. The Hall–Kier alpha value is -1.58. The van der Waals surface area contributed by atoms with E-state index in [2.05, 4.69) is 27.3 Å². The van der Waals surface area contributed by atoms with E-state index < -0.39 is 0 Å².